The van der Waals surface area contributed by atoms with E-state index in [-0.39, 0.29) is 29.9 Å². The lowest BCUT2D eigenvalue weighted by Gasteiger charge is -2.08. The van der Waals surface area contributed by atoms with Crippen LogP contribution in [-0.4, -0.2) is 18.4 Å². The Kier molecular flexibility index (Phi) is 8.94. The molecule has 0 aromatic heterocycles. The average molecular weight is 390 g/mol. The normalized spacial score (nSPS) is 10.9. The second kappa shape index (κ2) is 9.57. The van der Waals surface area contributed by atoms with Crippen molar-refractivity contribution in [1.29, 1.82) is 0 Å². The number of guanidine groups is 1. The van der Waals surface area contributed by atoms with Crippen molar-refractivity contribution in [2.24, 2.45) is 16.6 Å². The summed E-state index contributed by atoms with van der Waals surface area (Å²) in [6.45, 7) is 7.00. The minimum absolute atomic E-state index is 0. The maximum atomic E-state index is 11.0. The Bertz CT molecular complexity index is 460. The molecule has 0 saturated heterocycles. The van der Waals surface area contributed by atoms with Crippen LogP contribution in [0.1, 0.15) is 26.3 Å². The summed E-state index contributed by atoms with van der Waals surface area (Å²) in [5.74, 6) is 0.884. The zero-order valence-electron chi connectivity index (χ0n) is 12.1. The molecular formula is C14H23IN4O. The van der Waals surface area contributed by atoms with E-state index in [0.717, 1.165) is 17.8 Å². The van der Waals surface area contributed by atoms with E-state index in [4.69, 9.17) is 5.73 Å². The zero-order valence-corrected chi connectivity index (χ0v) is 14.5. The van der Waals surface area contributed by atoms with Crippen molar-refractivity contribution in [3.8, 4) is 0 Å². The van der Waals surface area contributed by atoms with Gasteiger partial charge in [0.1, 0.15) is 0 Å². The number of carbonyl (C=O) groups is 1. The quantitative estimate of drug-likeness (QED) is 0.410. The molecule has 0 heterocycles. The topological polar surface area (TPSA) is 79.5 Å². The minimum Gasteiger partial charge on any atom is -0.370 e. The van der Waals surface area contributed by atoms with Crippen molar-refractivity contribution >= 4 is 41.5 Å². The van der Waals surface area contributed by atoms with E-state index in [2.05, 4.69) is 29.5 Å². The first-order valence-electron chi connectivity index (χ1n) is 6.37. The summed E-state index contributed by atoms with van der Waals surface area (Å²) in [7, 11) is 0. The molecule has 0 bridgehead atoms. The van der Waals surface area contributed by atoms with Crippen LogP contribution in [0.5, 0.6) is 0 Å². The number of hydrogen-bond donors (Lipinski definition) is 3. The van der Waals surface area contributed by atoms with E-state index in [0.29, 0.717) is 18.4 Å². The number of amides is 1. The van der Waals surface area contributed by atoms with Gasteiger partial charge in [-0.25, -0.2) is 4.99 Å². The van der Waals surface area contributed by atoms with E-state index < -0.39 is 0 Å². The van der Waals surface area contributed by atoms with Crippen molar-refractivity contribution in [2.45, 2.75) is 27.3 Å². The maximum absolute atomic E-state index is 11.0. The average Bonchev–Trinajstić information content (AvgIpc) is 2.33. The lowest BCUT2D eigenvalue weighted by molar-refractivity contribution is -0.114. The van der Waals surface area contributed by atoms with Gasteiger partial charge in [-0.15, -0.1) is 24.0 Å². The second-order valence-electron chi connectivity index (χ2n) is 4.86. The Hall–Kier alpha value is -1.31. The molecule has 5 nitrogen and oxygen atoms in total. The number of anilines is 1. The van der Waals surface area contributed by atoms with Gasteiger partial charge in [0.25, 0.3) is 0 Å². The summed E-state index contributed by atoms with van der Waals surface area (Å²) >= 11 is 0. The largest absolute Gasteiger partial charge is 0.370 e. The van der Waals surface area contributed by atoms with Crippen molar-refractivity contribution in [1.82, 2.24) is 5.32 Å². The van der Waals surface area contributed by atoms with Gasteiger partial charge in [-0.05, 0) is 23.6 Å². The molecule has 0 aliphatic rings. The summed E-state index contributed by atoms with van der Waals surface area (Å²) in [6, 6.07) is 7.56. The fraction of sp³-hybridized carbons (Fsp3) is 0.429. The first kappa shape index (κ1) is 18.7. The van der Waals surface area contributed by atoms with Crippen LogP contribution in [0, 0.1) is 5.92 Å². The third-order valence-electron chi connectivity index (χ3n) is 2.37. The number of benzene rings is 1. The number of aliphatic imine (C=N–C) groups is 1. The van der Waals surface area contributed by atoms with Gasteiger partial charge in [0, 0.05) is 19.2 Å². The molecule has 6 heteroatoms. The number of halogens is 1. The van der Waals surface area contributed by atoms with Crippen LogP contribution in [0.4, 0.5) is 5.69 Å². The predicted octanol–water partition coefficient (Wildman–Crippen LogP) is 2.32. The molecular weight excluding hydrogens is 367 g/mol. The standard InChI is InChI=1S/C14H22N4O.HI/c1-10(2)8-16-14(15)17-9-12-5-4-6-13(7-12)18-11(3)19;/h4-7,10H,8-9H2,1-3H3,(H,18,19)(H3,15,16,17);1H. The fourth-order valence-electron chi connectivity index (χ4n) is 1.49. The molecule has 0 saturated carbocycles. The maximum Gasteiger partial charge on any atom is 0.221 e. The highest BCUT2D eigenvalue weighted by molar-refractivity contribution is 14.0. The molecule has 0 fully saturated rings. The van der Waals surface area contributed by atoms with Gasteiger partial charge in [0.2, 0.25) is 5.91 Å². The molecule has 0 atom stereocenters. The Morgan fingerprint density at radius 3 is 2.70 bits per heavy atom. The molecule has 20 heavy (non-hydrogen) atoms. The Labute approximate surface area is 137 Å². The number of rotatable bonds is 5. The summed E-state index contributed by atoms with van der Waals surface area (Å²) < 4.78 is 0. The molecule has 0 aliphatic heterocycles. The number of carbonyl (C=O) groups excluding carboxylic acids is 1. The molecule has 1 amide bonds. The van der Waals surface area contributed by atoms with Gasteiger partial charge in [-0.1, -0.05) is 26.0 Å². The van der Waals surface area contributed by atoms with Crippen LogP contribution in [0.25, 0.3) is 0 Å². The third-order valence-corrected chi connectivity index (χ3v) is 2.37. The van der Waals surface area contributed by atoms with Crippen molar-refractivity contribution in [3.63, 3.8) is 0 Å². The number of hydrogen-bond acceptors (Lipinski definition) is 2. The number of nitrogens with zero attached hydrogens (tertiary/aromatic N) is 1. The summed E-state index contributed by atoms with van der Waals surface area (Å²) in [5.41, 5.74) is 7.53. The van der Waals surface area contributed by atoms with E-state index >= 15 is 0 Å². The molecule has 0 spiro atoms. The van der Waals surface area contributed by atoms with E-state index in [1.165, 1.54) is 6.92 Å². The lowest BCUT2D eigenvalue weighted by Crippen LogP contribution is -2.34. The first-order valence-corrected chi connectivity index (χ1v) is 6.37. The summed E-state index contributed by atoms with van der Waals surface area (Å²) in [5, 5.41) is 5.80. The summed E-state index contributed by atoms with van der Waals surface area (Å²) in [6.07, 6.45) is 0. The van der Waals surface area contributed by atoms with Crippen LogP contribution in [0.3, 0.4) is 0 Å². The van der Waals surface area contributed by atoms with Crippen molar-refractivity contribution < 1.29 is 4.79 Å². The van der Waals surface area contributed by atoms with Crippen LogP contribution in [0.2, 0.25) is 0 Å². The molecule has 1 rings (SSSR count). The van der Waals surface area contributed by atoms with Crippen molar-refractivity contribution in [3.05, 3.63) is 29.8 Å². The van der Waals surface area contributed by atoms with Crippen molar-refractivity contribution in [2.75, 3.05) is 11.9 Å². The van der Waals surface area contributed by atoms with Crippen LogP contribution in [-0.2, 0) is 11.3 Å². The highest BCUT2D eigenvalue weighted by atomic mass is 127. The van der Waals surface area contributed by atoms with E-state index in [9.17, 15) is 4.79 Å². The first-order chi connectivity index (χ1) is 8.97. The molecule has 1 aromatic rings. The monoisotopic (exact) mass is 390 g/mol. The van der Waals surface area contributed by atoms with Crippen LogP contribution < -0.4 is 16.4 Å². The number of nitrogens with two attached hydrogens (primary N) is 1. The Morgan fingerprint density at radius 1 is 1.40 bits per heavy atom. The molecule has 0 unspecified atom stereocenters. The summed E-state index contributed by atoms with van der Waals surface area (Å²) in [4.78, 5) is 15.2. The Balaban J connectivity index is 0.00000361. The lowest BCUT2D eigenvalue weighted by atomic mass is 10.2. The minimum atomic E-state index is -0.0845. The van der Waals surface area contributed by atoms with Gasteiger partial charge in [-0.2, -0.15) is 0 Å². The van der Waals surface area contributed by atoms with Gasteiger partial charge in [0.15, 0.2) is 5.96 Å². The van der Waals surface area contributed by atoms with E-state index in [1.807, 2.05) is 24.3 Å². The van der Waals surface area contributed by atoms with E-state index in [1.54, 1.807) is 0 Å². The van der Waals surface area contributed by atoms with Crippen LogP contribution >= 0.6 is 24.0 Å². The van der Waals surface area contributed by atoms with Crippen LogP contribution in [0.15, 0.2) is 29.3 Å². The van der Waals surface area contributed by atoms with Gasteiger partial charge >= 0.3 is 0 Å². The SMILES string of the molecule is CC(=O)Nc1cccc(CN=C(N)NCC(C)C)c1.I. The van der Waals surface area contributed by atoms with Gasteiger partial charge < -0.3 is 16.4 Å². The van der Waals surface area contributed by atoms with Gasteiger partial charge in [0.05, 0.1) is 6.54 Å². The highest BCUT2D eigenvalue weighted by Gasteiger charge is 1.98. The zero-order chi connectivity index (χ0) is 14.3. The second-order valence-corrected chi connectivity index (χ2v) is 4.86. The molecule has 1 aromatic carbocycles. The molecule has 4 N–H and O–H groups in total. The molecule has 0 aliphatic carbocycles. The number of nitrogens with one attached hydrogen (secondary N) is 2. The Morgan fingerprint density at radius 2 is 2.10 bits per heavy atom. The fourth-order valence-corrected chi connectivity index (χ4v) is 1.49. The predicted molar refractivity (Wildman–Crippen MR) is 94.3 cm³/mol. The highest BCUT2D eigenvalue weighted by Crippen LogP contribution is 2.11. The third kappa shape index (κ3) is 7.98. The smallest absolute Gasteiger partial charge is 0.221 e. The molecule has 0 radical (unpaired) electrons. The molecule has 112 valence electrons. The van der Waals surface area contributed by atoms with Gasteiger partial charge in [-0.3, -0.25) is 4.79 Å².